The van der Waals surface area contributed by atoms with E-state index < -0.39 is 15.6 Å². The van der Waals surface area contributed by atoms with Crippen molar-refractivity contribution < 1.29 is 13.2 Å². The molecule has 1 aromatic carbocycles. The molecule has 1 aromatic rings. The van der Waals surface area contributed by atoms with Crippen LogP contribution < -0.4 is 15.4 Å². The molecule has 6 nitrogen and oxygen atoms in total. The van der Waals surface area contributed by atoms with Gasteiger partial charge in [0.2, 0.25) is 10.0 Å². The second-order valence-electron chi connectivity index (χ2n) is 6.52. The maximum atomic E-state index is 12.5. The number of nitrogens with two attached hydrogens (primary N) is 1. The SMILES string of the molecule is CC(C)C(C)(CN)NC(=O)c1cccc(N2CCCS2(=O)=O)c1. The van der Waals surface area contributed by atoms with Gasteiger partial charge in [-0.05, 0) is 37.5 Å². The molecule has 1 amide bonds. The molecule has 23 heavy (non-hydrogen) atoms. The number of hydrogen-bond acceptors (Lipinski definition) is 4. The highest BCUT2D eigenvalue weighted by atomic mass is 32.2. The van der Waals surface area contributed by atoms with Crippen molar-refractivity contribution in [1.29, 1.82) is 0 Å². The van der Waals surface area contributed by atoms with Gasteiger partial charge in [0.1, 0.15) is 0 Å². The van der Waals surface area contributed by atoms with Crippen LogP contribution in [0.3, 0.4) is 0 Å². The molecule has 1 aliphatic rings. The Morgan fingerprint density at radius 1 is 1.43 bits per heavy atom. The molecule has 2 rings (SSSR count). The van der Waals surface area contributed by atoms with E-state index in [-0.39, 0.29) is 17.6 Å². The maximum absolute atomic E-state index is 12.5. The number of amides is 1. The van der Waals surface area contributed by atoms with Gasteiger partial charge in [0.15, 0.2) is 0 Å². The van der Waals surface area contributed by atoms with Crippen molar-refractivity contribution in [1.82, 2.24) is 5.32 Å². The first-order valence-corrected chi connectivity index (χ1v) is 9.43. The average molecular weight is 339 g/mol. The fourth-order valence-electron chi connectivity index (χ4n) is 2.49. The first-order chi connectivity index (χ1) is 10.7. The zero-order chi connectivity index (χ0) is 17.3. The van der Waals surface area contributed by atoms with E-state index in [0.29, 0.717) is 30.8 Å². The molecule has 0 aliphatic carbocycles. The Kier molecular flexibility index (Phi) is 5.01. The quantitative estimate of drug-likeness (QED) is 0.846. The van der Waals surface area contributed by atoms with Gasteiger partial charge < -0.3 is 11.1 Å². The molecular formula is C16H25N3O3S. The highest BCUT2D eigenvalue weighted by Gasteiger charge is 2.31. The minimum Gasteiger partial charge on any atom is -0.345 e. The lowest BCUT2D eigenvalue weighted by molar-refractivity contribution is 0.0883. The number of carbonyl (C=O) groups is 1. The minimum atomic E-state index is -3.25. The van der Waals surface area contributed by atoms with Crippen LogP contribution >= 0.6 is 0 Å². The van der Waals surface area contributed by atoms with Crippen molar-refractivity contribution in [3.8, 4) is 0 Å². The van der Waals surface area contributed by atoms with Crippen LogP contribution in [0.2, 0.25) is 0 Å². The lowest BCUT2D eigenvalue weighted by Crippen LogP contribution is -2.55. The molecular weight excluding hydrogens is 314 g/mol. The summed E-state index contributed by atoms with van der Waals surface area (Å²) in [4.78, 5) is 12.5. The molecule has 1 fully saturated rings. The molecule has 0 radical (unpaired) electrons. The van der Waals surface area contributed by atoms with Gasteiger partial charge in [0, 0.05) is 18.7 Å². The smallest absolute Gasteiger partial charge is 0.251 e. The second-order valence-corrected chi connectivity index (χ2v) is 8.54. The number of carbonyl (C=O) groups excluding carboxylic acids is 1. The lowest BCUT2D eigenvalue weighted by Gasteiger charge is -2.33. The molecule has 3 N–H and O–H groups in total. The van der Waals surface area contributed by atoms with Crippen molar-refractivity contribution in [3.05, 3.63) is 29.8 Å². The van der Waals surface area contributed by atoms with Gasteiger partial charge in [-0.2, -0.15) is 0 Å². The first-order valence-electron chi connectivity index (χ1n) is 7.83. The number of anilines is 1. The molecule has 0 spiro atoms. The largest absolute Gasteiger partial charge is 0.345 e. The fourth-order valence-corrected chi connectivity index (χ4v) is 4.05. The van der Waals surface area contributed by atoms with E-state index >= 15 is 0 Å². The summed E-state index contributed by atoms with van der Waals surface area (Å²) in [6.07, 6.45) is 0.608. The molecule has 0 aromatic heterocycles. The van der Waals surface area contributed by atoms with E-state index in [2.05, 4.69) is 5.32 Å². The normalized spacial score (nSPS) is 19.6. The van der Waals surface area contributed by atoms with Crippen LogP contribution in [-0.4, -0.2) is 38.7 Å². The number of nitrogens with zero attached hydrogens (tertiary/aromatic N) is 1. The van der Waals surface area contributed by atoms with E-state index in [0.717, 1.165) is 0 Å². The molecule has 0 saturated carbocycles. The van der Waals surface area contributed by atoms with E-state index in [1.807, 2.05) is 20.8 Å². The lowest BCUT2D eigenvalue weighted by atomic mass is 9.88. The molecule has 1 unspecified atom stereocenters. The predicted octanol–water partition coefficient (Wildman–Crippen LogP) is 1.33. The molecule has 7 heteroatoms. The summed E-state index contributed by atoms with van der Waals surface area (Å²) in [5.41, 5.74) is 6.26. The summed E-state index contributed by atoms with van der Waals surface area (Å²) < 4.78 is 25.4. The molecule has 0 bridgehead atoms. The van der Waals surface area contributed by atoms with Gasteiger partial charge in [-0.3, -0.25) is 9.10 Å². The molecule has 1 atom stereocenters. The minimum absolute atomic E-state index is 0.155. The van der Waals surface area contributed by atoms with Gasteiger partial charge in [-0.25, -0.2) is 8.42 Å². The van der Waals surface area contributed by atoms with E-state index in [1.165, 1.54) is 4.31 Å². The van der Waals surface area contributed by atoms with Crippen LogP contribution in [0.1, 0.15) is 37.6 Å². The van der Waals surface area contributed by atoms with Crippen molar-refractivity contribution >= 4 is 21.6 Å². The zero-order valence-electron chi connectivity index (χ0n) is 13.9. The van der Waals surface area contributed by atoms with Gasteiger partial charge >= 0.3 is 0 Å². The number of sulfonamides is 1. The van der Waals surface area contributed by atoms with E-state index in [1.54, 1.807) is 24.3 Å². The molecule has 1 saturated heterocycles. The predicted molar refractivity (Wildman–Crippen MR) is 92.0 cm³/mol. The van der Waals surface area contributed by atoms with Crippen LogP contribution in [0.15, 0.2) is 24.3 Å². The third kappa shape index (κ3) is 3.67. The Labute approximate surface area is 138 Å². The van der Waals surface area contributed by atoms with E-state index in [4.69, 9.17) is 5.73 Å². The summed E-state index contributed by atoms with van der Waals surface area (Å²) in [6, 6.07) is 6.71. The summed E-state index contributed by atoms with van der Waals surface area (Å²) in [5.74, 6) is 0.0887. The standard InChI is InChI=1S/C16H25N3O3S/c1-12(2)16(3,11-17)18-15(20)13-6-4-7-14(10-13)19-8-5-9-23(19,21)22/h4,6-7,10,12H,5,8-9,11,17H2,1-3H3,(H,18,20). The van der Waals surface area contributed by atoms with Gasteiger partial charge in [0.05, 0.1) is 17.0 Å². The van der Waals surface area contributed by atoms with E-state index in [9.17, 15) is 13.2 Å². The highest BCUT2D eigenvalue weighted by Crippen LogP contribution is 2.25. The van der Waals surface area contributed by atoms with Gasteiger partial charge in [0.25, 0.3) is 5.91 Å². The monoisotopic (exact) mass is 339 g/mol. The summed E-state index contributed by atoms with van der Waals surface area (Å²) in [5, 5.41) is 2.97. The topological polar surface area (TPSA) is 92.5 Å². The number of nitrogens with one attached hydrogen (secondary N) is 1. The summed E-state index contributed by atoms with van der Waals surface area (Å²) in [6.45, 7) is 6.70. The first kappa shape index (κ1) is 17.7. The third-order valence-electron chi connectivity index (χ3n) is 4.59. The Hall–Kier alpha value is -1.60. The zero-order valence-corrected chi connectivity index (χ0v) is 14.7. The van der Waals surface area contributed by atoms with Crippen LogP contribution in [0, 0.1) is 5.92 Å². The summed E-state index contributed by atoms with van der Waals surface area (Å²) in [7, 11) is -3.25. The van der Waals surface area contributed by atoms with Crippen molar-refractivity contribution in [3.63, 3.8) is 0 Å². The second kappa shape index (κ2) is 6.49. The van der Waals surface area contributed by atoms with Gasteiger partial charge in [-0.1, -0.05) is 19.9 Å². The Morgan fingerprint density at radius 2 is 2.13 bits per heavy atom. The fraction of sp³-hybridized carbons (Fsp3) is 0.562. The maximum Gasteiger partial charge on any atom is 0.251 e. The van der Waals surface area contributed by atoms with Crippen molar-refractivity contribution in [2.75, 3.05) is 23.1 Å². The molecule has 1 heterocycles. The molecule has 128 valence electrons. The summed E-state index contributed by atoms with van der Waals surface area (Å²) >= 11 is 0. The van der Waals surface area contributed by atoms with Crippen LogP contribution in [0.5, 0.6) is 0 Å². The van der Waals surface area contributed by atoms with Gasteiger partial charge in [-0.15, -0.1) is 0 Å². The number of hydrogen-bond donors (Lipinski definition) is 2. The Morgan fingerprint density at radius 3 is 2.65 bits per heavy atom. The van der Waals surface area contributed by atoms with Crippen LogP contribution in [0.4, 0.5) is 5.69 Å². The van der Waals surface area contributed by atoms with Crippen LogP contribution in [-0.2, 0) is 10.0 Å². The van der Waals surface area contributed by atoms with Crippen LogP contribution in [0.25, 0.3) is 0 Å². The molecule has 1 aliphatic heterocycles. The van der Waals surface area contributed by atoms with Crippen molar-refractivity contribution in [2.24, 2.45) is 11.7 Å². The number of benzene rings is 1. The average Bonchev–Trinajstić information content (AvgIpc) is 2.86. The Balaban J connectivity index is 2.25. The van der Waals surface area contributed by atoms with Crippen molar-refractivity contribution in [2.45, 2.75) is 32.7 Å². The highest BCUT2D eigenvalue weighted by molar-refractivity contribution is 7.93. The number of rotatable bonds is 5. The Bertz CT molecular complexity index is 688. The third-order valence-corrected chi connectivity index (χ3v) is 6.46.